The molecule has 2 heterocycles. The number of nitrogens with zero attached hydrogens (tertiary/aromatic N) is 5. The molecule has 0 saturated carbocycles. The largest absolute Gasteiger partial charge is 0.356 e. The summed E-state index contributed by atoms with van der Waals surface area (Å²) in [7, 11) is 2.05. The Kier molecular flexibility index (Phi) is 3.43. The van der Waals surface area contributed by atoms with Gasteiger partial charge in [0.15, 0.2) is 0 Å². The van der Waals surface area contributed by atoms with Crippen LogP contribution in [0.5, 0.6) is 0 Å². The Morgan fingerprint density at radius 1 is 1.37 bits per heavy atom. The minimum Gasteiger partial charge on any atom is -0.356 e. The molecule has 0 aliphatic heterocycles. The van der Waals surface area contributed by atoms with Crippen molar-refractivity contribution in [3.8, 4) is 0 Å². The average molecular weight is 282 g/mol. The fourth-order valence-corrected chi connectivity index (χ4v) is 2.22. The van der Waals surface area contributed by atoms with Gasteiger partial charge in [0.1, 0.15) is 17.3 Å². The van der Waals surface area contributed by atoms with E-state index in [-0.39, 0.29) is 5.41 Å². The molecule has 104 valence electrons. The molecular weight excluding hydrogens is 262 g/mol. The first kappa shape index (κ1) is 14.1. The maximum atomic E-state index is 6.19. The summed E-state index contributed by atoms with van der Waals surface area (Å²) in [5.41, 5.74) is 1.06. The summed E-state index contributed by atoms with van der Waals surface area (Å²) in [6.45, 7) is 10.8. The normalized spacial score (nSPS) is 13.8. The van der Waals surface area contributed by atoms with Crippen LogP contribution in [0.4, 0.5) is 5.82 Å². The highest BCUT2D eigenvalue weighted by molar-refractivity contribution is 6.30. The second-order valence-electron chi connectivity index (χ2n) is 5.98. The molecule has 0 amide bonds. The Hall–Kier alpha value is -1.36. The van der Waals surface area contributed by atoms with E-state index in [1.807, 2.05) is 6.92 Å². The number of halogens is 1. The number of rotatable bonds is 2. The van der Waals surface area contributed by atoms with E-state index >= 15 is 0 Å². The monoisotopic (exact) mass is 281 g/mol. The number of hydrogen-bond donors (Lipinski definition) is 0. The van der Waals surface area contributed by atoms with Crippen LogP contribution >= 0.6 is 11.6 Å². The molecule has 0 spiro atoms. The van der Waals surface area contributed by atoms with Crippen LogP contribution in [0.1, 0.15) is 33.3 Å². The predicted molar refractivity (Wildman–Crippen MR) is 77.8 cm³/mol. The molecule has 5 nitrogen and oxygen atoms in total. The molecule has 1 atom stereocenters. The number of hydrogen-bond acceptors (Lipinski definition) is 4. The quantitative estimate of drug-likeness (QED) is 0.794. The van der Waals surface area contributed by atoms with E-state index in [2.05, 4.69) is 54.7 Å². The van der Waals surface area contributed by atoms with Gasteiger partial charge in [0, 0.05) is 18.7 Å². The Balaban J connectivity index is 2.61. The molecule has 1 unspecified atom stereocenters. The van der Waals surface area contributed by atoms with E-state index in [1.165, 1.54) is 6.33 Å². The van der Waals surface area contributed by atoms with E-state index in [1.54, 1.807) is 4.52 Å². The van der Waals surface area contributed by atoms with E-state index in [4.69, 9.17) is 11.6 Å². The average Bonchev–Trinajstić information content (AvgIpc) is 2.75. The van der Waals surface area contributed by atoms with Gasteiger partial charge >= 0.3 is 0 Å². The van der Waals surface area contributed by atoms with E-state index in [0.717, 1.165) is 11.4 Å². The zero-order valence-electron chi connectivity index (χ0n) is 12.3. The summed E-state index contributed by atoms with van der Waals surface area (Å²) in [6.07, 6.45) is 1.50. The molecule has 0 aromatic carbocycles. The summed E-state index contributed by atoms with van der Waals surface area (Å²) < 4.78 is 1.74. The van der Waals surface area contributed by atoms with Crippen LogP contribution in [-0.4, -0.2) is 32.7 Å². The highest BCUT2D eigenvalue weighted by atomic mass is 35.5. The minimum atomic E-state index is 0.143. The lowest BCUT2D eigenvalue weighted by Gasteiger charge is -2.37. The molecule has 19 heavy (non-hydrogen) atoms. The molecule has 2 rings (SSSR count). The van der Waals surface area contributed by atoms with Crippen LogP contribution in [0.25, 0.3) is 5.78 Å². The predicted octanol–water partition coefficient (Wildman–Crippen LogP) is 2.96. The lowest BCUT2D eigenvalue weighted by atomic mass is 9.87. The topological polar surface area (TPSA) is 46.3 Å². The minimum absolute atomic E-state index is 0.143. The van der Waals surface area contributed by atoms with Crippen molar-refractivity contribution in [1.82, 2.24) is 19.6 Å². The molecule has 0 aliphatic rings. The molecule has 0 fully saturated rings. The highest BCUT2D eigenvalue weighted by Gasteiger charge is 2.27. The molecule has 0 saturated heterocycles. The highest BCUT2D eigenvalue weighted by Crippen LogP contribution is 2.31. The second kappa shape index (κ2) is 4.63. The SMILES string of the molecule is Cc1c(Cl)nc2ncnn2c1N(C)C(C)C(C)(C)C. The smallest absolute Gasteiger partial charge is 0.255 e. The Morgan fingerprint density at radius 2 is 2.00 bits per heavy atom. The Bertz CT molecular complexity index is 599. The maximum Gasteiger partial charge on any atom is 0.255 e. The van der Waals surface area contributed by atoms with Crippen LogP contribution in [0.3, 0.4) is 0 Å². The zero-order valence-corrected chi connectivity index (χ0v) is 13.0. The molecule has 0 N–H and O–H groups in total. The van der Waals surface area contributed by atoms with Crippen molar-refractivity contribution < 1.29 is 0 Å². The third-order valence-corrected chi connectivity index (χ3v) is 4.11. The first-order valence-corrected chi connectivity index (χ1v) is 6.70. The van der Waals surface area contributed by atoms with Crippen molar-refractivity contribution in [2.75, 3.05) is 11.9 Å². The van der Waals surface area contributed by atoms with Crippen molar-refractivity contribution in [2.45, 2.75) is 40.7 Å². The first-order chi connectivity index (χ1) is 8.73. The molecule has 2 aromatic rings. The van der Waals surface area contributed by atoms with Gasteiger partial charge in [-0.25, -0.2) is 0 Å². The molecule has 0 bridgehead atoms. The van der Waals surface area contributed by atoms with Gasteiger partial charge < -0.3 is 4.90 Å². The maximum absolute atomic E-state index is 6.19. The van der Waals surface area contributed by atoms with E-state index < -0.39 is 0 Å². The van der Waals surface area contributed by atoms with E-state index in [9.17, 15) is 0 Å². The van der Waals surface area contributed by atoms with Crippen molar-refractivity contribution in [2.24, 2.45) is 5.41 Å². The molecule has 0 aliphatic carbocycles. The van der Waals surface area contributed by atoms with Gasteiger partial charge in [-0.15, -0.1) is 0 Å². The van der Waals surface area contributed by atoms with Gasteiger partial charge in [-0.1, -0.05) is 32.4 Å². The molecule has 2 aromatic heterocycles. The number of aromatic nitrogens is 4. The summed E-state index contributed by atoms with van der Waals surface area (Å²) in [5.74, 6) is 1.47. The lowest BCUT2D eigenvalue weighted by molar-refractivity contribution is 0.327. The van der Waals surface area contributed by atoms with Gasteiger partial charge in [0.25, 0.3) is 5.78 Å². The van der Waals surface area contributed by atoms with Crippen LogP contribution in [0, 0.1) is 12.3 Å². The van der Waals surface area contributed by atoms with Crippen molar-refractivity contribution in [1.29, 1.82) is 0 Å². The summed E-state index contributed by atoms with van der Waals surface area (Å²) in [6, 6.07) is 0.317. The number of anilines is 1. The molecular formula is C13H20ClN5. The fraction of sp³-hybridized carbons (Fsp3) is 0.615. The third-order valence-electron chi connectivity index (χ3n) is 3.74. The van der Waals surface area contributed by atoms with Crippen LogP contribution in [0.15, 0.2) is 6.33 Å². The van der Waals surface area contributed by atoms with Crippen molar-refractivity contribution in [3.63, 3.8) is 0 Å². The van der Waals surface area contributed by atoms with Crippen molar-refractivity contribution >= 4 is 23.2 Å². The molecule has 0 radical (unpaired) electrons. The zero-order chi connectivity index (χ0) is 14.4. The van der Waals surface area contributed by atoms with Gasteiger partial charge in [0.2, 0.25) is 0 Å². The fourth-order valence-electron chi connectivity index (χ4n) is 2.06. The van der Waals surface area contributed by atoms with Gasteiger partial charge in [-0.05, 0) is 19.3 Å². The van der Waals surface area contributed by atoms with E-state index in [0.29, 0.717) is 17.0 Å². The van der Waals surface area contributed by atoms with Gasteiger partial charge in [-0.2, -0.15) is 19.6 Å². The Morgan fingerprint density at radius 3 is 2.58 bits per heavy atom. The van der Waals surface area contributed by atoms with Gasteiger partial charge in [0.05, 0.1) is 0 Å². The summed E-state index contributed by atoms with van der Waals surface area (Å²) in [5, 5.41) is 4.72. The Labute approximate surface area is 118 Å². The van der Waals surface area contributed by atoms with Crippen LogP contribution in [0.2, 0.25) is 5.15 Å². The third kappa shape index (κ3) is 2.39. The second-order valence-corrected chi connectivity index (χ2v) is 6.33. The number of fused-ring (bicyclic) bond motifs is 1. The lowest BCUT2D eigenvalue weighted by Crippen LogP contribution is -2.40. The van der Waals surface area contributed by atoms with Gasteiger partial charge in [-0.3, -0.25) is 0 Å². The standard InChI is InChI=1S/C13H20ClN5/c1-8-10(14)17-12-15-7-16-19(12)11(8)18(6)9(2)13(3,4)5/h7,9H,1-6H3. The van der Waals surface area contributed by atoms with Crippen LogP contribution in [-0.2, 0) is 0 Å². The van der Waals surface area contributed by atoms with Crippen molar-refractivity contribution in [3.05, 3.63) is 17.0 Å². The summed E-state index contributed by atoms with van der Waals surface area (Å²) in [4.78, 5) is 10.5. The first-order valence-electron chi connectivity index (χ1n) is 6.32. The summed E-state index contributed by atoms with van der Waals surface area (Å²) >= 11 is 6.19. The van der Waals surface area contributed by atoms with Crippen LogP contribution < -0.4 is 4.90 Å². The molecule has 6 heteroatoms.